The maximum absolute atomic E-state index is 13.2. The minimum atomic E-state index is -0.304. The number of amides is 1. The molecule has 0 fully saturated rings. The van der Waals surface area contributed by atoms with E-state index in [0.717, 1.165) is 27.3 Å². The number of thiazole rings is 1. The Morgan fingerprint density at radius 1 is 1.20 bits per heavy atom. The number of H-pyrrole nitrogens is 1. The Kier molecular flexibility index (Phi) is 5.56. The Hall–Kier alpha value is -3.17. The number of hydrogen-bond acceptors (Lipinski definition) is 5. The summed E-state index contributed by atoms with van der Waals surface area (Å²) in [5, 5.41) is 10.3. The number of hydrogen-bond donors (Lipinski definition) is 2. The van der Waals surface area contributed by atoms with Crippen molar-refractivity contribution in [2.24, 2.45) is 0 Å². The van der Waals surface area contributed by atoms with Gasteiger partial charge < -0.3 is 5.32 Å². The molecule has 2 heterocycles. The number of benzene rings is 2. The maximum atomic E-state index is 13.2. The van der Waals surface area contributed by atoms with E-state index in [1.807, 2.05) is 38.1 Å². The molecule has 0 atom stereocenters. The van der Waals surface area contributed by atoms with Gasteiger partial charge in [0.05, 0.1) is 5.69 Å². The molecule has 0 unspecified atom stereocenters. The third-order valence-electron chi connectivity index (χ3n) is 4.50. The molecule has 2 aromatic carbocycles. The third-order valence-corrected chi connectivity index (χ3v) is 5.69. The van der Waals surface area contributed by atoms with E-state index in [2.05, 4.69) is 20.5 Å². The third kappa shape index (κ3) is 4.22. The van der Waals surface area contributed by atoms with Crippen LogP contribution in [0, 0.1) is 24.4 Å². The fraction of sp³-hybridized carbons (Fsp3) is 0.143. The minimum absolute atomic E-state index is 0.00309. The van der Waals surface area contributed by atoms with Gasteiger partial charge >= 0.3 is 0 Å². The molecule has 1 amide bonds. The number of carbonyl (C=O) groups is 1. The smallest absolute Gasteiger partial charge is 0.246 e. The standard InChI is InChI=1S/C21H18FN5OS2/c1-12-4-3-5-15(10-12)19-25-26-21(29)27(19)11-17(28)23-20-24-18(13(2)30-20)14-6-8-16(22)9-7-14/h3-10H,11H2,1-2H3,(H,26,29)(H,23,24,28). The largest absolute Gasteiger partial charge is 0.300 e. The molecule has 152 valence electrons. The highest BCUT2D eigenvalue weighted by Gasteiger charge is 2.15. The van der Waals surface area contributed by atoms with Gasteiger partial charge in [0.15, 0.2) is 15.7 Å². The highest BCUT2D eigenvalue weighted by Crippen LogP contribution is 2.30. The molecule has 4 rings (SSSR count). The number of nitrogens with zero attached hydrogens (tertiary/aromatic N) is 3. The monoisotopic (exact) mass is 439 g/mol. The highest BCUT2D eigenvalue weighted by molar-refractivity contribution is 7.71. The molecule has 0 saturated carbocycles. The normalized spacial score (nSPS) is 10.9. The predicted molar refractivity (Wildman–Crippen MR) is 118 cm³/mol. The first kappa shape index (κ1) is 20.1. The van der Waals surface area contributed by atoms with Crippen LogP contribution >= 0.6 is 23.6 Å². The number of halogens is 1. The first-order valence-corrected chi connectivity index (χ1v) is 10.4. The van der Waals surface area contributed by atoms with Crippen molar-refractivity contribution in [2.45, 2.75) is 20.4 Å². The van der Waals surface area contributed by atoms with Crippen molar-refractivity contribution in [1.29, 1.82) is 0 Å². The van der Waals surface area contributed by atoms with Gasteiger partial charge in [0.25, 0.3) is 0 Å². The number of anilines is 1. The summed E-state index contributed by atoms with van der Waals surface area (Å²) in [6, 6.07) is 13.9. The first-order chi connectivity index (χ1) is 14.4. The van der Waals surface area contributed by atoms with Crippen LogP contribution in [0.25, 0.3) is 22.6 Å². The van der Waals surface area contributed by atoms with Crippen molar-refractivity contribution in [3.8, 4) is 22.6 Å². The van der Waals surface area contributed by atoms with Gasteiger partial charge in [0.2, 0.25) is 5.91 Å². The topological polar surface area (TPSA) is 75.6 Å². The molecule has 0 aliphatic carbocycles. The van der Waals surface area contributed by atoms with E-state index in [4.69, 9.17) is 12.2 Å². The number of nitrogens with one attached hydrogen (secondary N) is 2. The van der Waals surface area contributed by atoms with E-state index < -0.39 is 0 Å². The molecular formula is C21H18FN5OS2. The Labute approximate surface area is 181 Å². The fourth-order valence-corrected chi connectivity index (χ4v) is 4.15. The lowest BCUT2D eigenvalue weighted by Gasteiger charge is -2.07. The maximum Gasteiger partial charge on any atom is 0.246 e. The van der Waals surface area contributed by atoms with E-state index in [0.29, 0.717) is 15.7 Å². The molecule has 0 bridgehead atoms. The number of aromatic nitrogens is 4. The molecule has 6 nitrogen and oxygen atoms in total. The lowest BCUT2D eigenvalue weighted by molar-refractivity contribution is -0.116. The summed E-state index contributed by atoms with van der Waals surface area (Å²) < 4.78 is 15.2. The van der Waals surface area contributed by atoms with E-state index in [1.54, 1.807) is 16.7 Å². The molecule has 0 aliphatic heterocycles. The van der Waals surface area contributed by atoms with Gasteiger partial charge in [0.1, 0.15) is 12.4 Å². The van der Waals surface area contributed by atoms with Crippen LogP contribution in [-0.2, 0) is 11.3 Å². The van der Waals surface area contributed by atoms with E-state index in [1.165, 1.54) is 23.5 Å². The molecular weight excluding hydrogens is 421 g/mol. The quantitative estimate of drug-likeness (QED) is 0.423. The second kappa shape index (κ2) is 8.29. The van der Waals surface area contributed by atoms with Gasteiger partial charge in [-0.1, -0.05) is 23.8 Å². The van der Waals surface area contributed by atoms with Gasteiger partial charge in [-0.2, -0.15) is 5.10 Å². The molecule has 0 spiro atoms. The number of aromatic amines is 1. The zero-order valence-corrected chi connectivity index (χ0v) is 17.9. The fourth-order valence-electron chi connectivity index (χ4n) is 3.10. The van der Waals surface area contributed by atoms with Gasteiger partial charge in [-0.05, 0) is 56.4 Å². The summed E-state index contributed by atoms with van der Waals surface area (Å²) in [5.74, 6) is 0.0309. The van der Waals surface area contributed by atoms with E-state index in [-0.39, 0.29) is 18.3 Å². The van der Waals surface area contributed by atoms with Crippen molar-refractivity contribution < 1.29 is 9.18 Å². The molecule has 9 heteroatoms. The zero-order chi connectivity index (χ0) is 21.3. The van der Waals surface area contributed by atoms with Gasteiger partial charge in [-0.3, -0.25) is 14.5 Å². The average Bonchev–Trinajstić information content (AvgIpc) is 3.25. The molecule has 0 saturated heterocycles. The Morgan fingerprint density at radius 3 is 2.70 bits per heavy atom. The average molecular weight is 440 g/mol. The molecule has 0 radical (unpaired) electrons. The van der Waals surface area contributed by atoms with Crippen LogP contribution in [0.4, 0.5) is 9.52 Å². The predicted octanol–water partition coefficient (Wildman–Crippen LogP) is 5.13. The lowest BCUT2D eigenvalue weighted by Crippen LogP contribution is -2.19. The second-order valence-corrected chi connectivity index (χ2v) is 8.38. The second-order valence-electron chi connectivity index (χ2n) is 6.79. The lowest BCUT2D eigenvalue weighted by atomic mass is 10.1. The van der Waals surface area contributed by atoms with Crippen molar-refractivity contribution in [1.82, 2.24) is 19.7 Å². The van der Waals surface area contributed by atoms with E-state index in [9.17, 15) is 9.18 Å². The van der Waals surface area contributed by atoms with Crippen molar-refractivity contribution in [3.63, 3.8) is 0 Å². The Balaban J connectivity index is 1.54. The van der Waals surface area contributed by atoms with Crippen LogP contribution in [0.1, 0.15) is 10.4 Å². The van der Waals surface area contributed by atoms with Crippen LogP contribution in [0.3, 0.4) is 0 Å². The zero-order valence-electron chi connectivity index (χ0n) is 16.3. The van der Waals surface area contributed by atoms with Crippen LogP contribution in [0.15, 0.2) is 48.5 Å². The highest BCUT2D eigenvalue weighted by atomic mass is 32.1. The molecule has 2 aromatic heterocycles. The van der Waals surface area contributed by atoms with Crippen molar-refractivity contribution >= 4 is 34.6 Å². The van der Waals surface area contributed by atoms with E-state index >= 15 is 0 Å². The van der Waals surface area contributed by atoms with Gasteiger partial charge in [-0.15, -0.1) is 11.3 Å². The molecule has 2 N–H and O–H groups in total. The van der Waals surface area contributed by atoms with Crippen LogP contribution in [0.2, 0.25) is 0 Å². The minimum Gasteiger partial charge on any atom is -0.300 e. The summed E-state index contributed by atoms with van der Waals surface area (Å²) in [7, 11) is 0. The van der Waals surface area contributed by atoms with Crippen molar-refractivity contribution in [3.05, 3.63) is 69.6 Å². The Morgan fingerprint density at radius 2 is 1.97 bits per heavy atom. The Bertz CT molecular complexity index is 1270. The van der Waals surface area contributed by atoms with Gasteiger partial charge in [-0.25, -0.2) is 9.37 Å². The summed E-state index contributed by atoms with van der Waals surface area (Å²) in [5.41, 5.74) is 3.47. The summed E-state index contributed by atoms with van der Waals surface area (Å²) in [4.78, 5) is 18.1. The van der Waals surface area contributed by atoms with Crippen molar-refractivity contribution in [2.75, 3.05) is 5.32 Å². The summed E-state index contributed by atoms with van der Waals surface area (Å²) >= 11 is 6.67. The van der Waals surface area contributed by atoms with Gasteiger partial charge in [0, 0.05) is 16.0 Å². The first-order valence-electron chi connectivity index (χ1n) is 9.16. The van der Waals surface area contributed by atoms with Crippen LogP contribution in [0.5, 0.6) is 0 Å². The molecule has 4 aromatic rings. The number of rotatable bonds is 5. The van der Waals surface area contributed by atoms with Crippen LogP contribution in [-0.4, -0.2) is 25.7 Å². The summed E-state index contributed by atoms with van der Waals surface area (Å²) in [6.45, 7) is 3.91. The molecule has 0 aliphatic rings. The van der Waals surface area contributed by atoms with Crippen LogP contribution < -0.4 is 5.32 Å². The summed E-state index contributed by atoms with van der Waals surface area (Å²) in [6.07, 6.45) is 0. The SMILES string of the molecule is Cc1cccc(-c2n[nH]c(=S)n2CC(=O)Nc2nc(-c3ccc(F)cc3)c(C)s2)c1. The molecule has 30 heavy (non-hydrogen) atoms. The number of carbonyl (C=O) groups excluding carboxylic acids is 1. The number of aryl methyl sites for hydroxylation is 2.